The molecule has 10 fully saturated rings. The molecule has 2 aliphatic heterocycles. The smallest absolute Gasteiger partial charge is 0.0609 e. The third-order valence-electron chi connectivity index (χ3n) is 11.6. The van der Waals surface area contributed by atoms with Gasteiger partial charge in [-0.1, -0.05) is 0 Å². The van der Waals surface area contributed by atoms with Crippen molar-refractivity contribution in [2.75, 3.05) is 13.2 Å². The van der Waals surface area contributed by atoms with Crippen molar-refractivity contribution >= 4 is 0 Å². The molecule has 8 saturated carbocycles. The average Bonchev–Trinajstić information content (AvgIpc) is 3.29. The molecule has 0 aromatic heterocycles. The van der Waals surface area contributed by atoms with Crippen LogP contribution in [0.1, 0.15) is 25.7 Å². The molecule has 2 heterocycles. The van der Waals surface area contributed by atoms with Crippen molar-refractivity contribution in [1.82, 2.24) is 0 Å². The highest BCUT2D eigenvalue weighted by molar-refractivity contribution is 5.44. The normalized spacial score (nSPS) is 85.1. The predicted octanol–water partition coefficient (Wildman–Crippen LogP) is 2.57. The van der Waals surface area contributed by atoms with Crippen LogP contribution < -0.4 is 0 Å². The van der Waals surface area contributed by atoms with Crippen molar-refractivity contribution in [3.8, 4) is 0 Å². The van der Waals surface area contributed by atoms with Gasteiger partial charge in [-0.15, -0.1) is 0 Å². The highest BCUT2D eigenvalue weighted by atomic mass is 16.5. The summed E-state index contributed by atoms with van der Waals surface area (Å²) >= 11 is 0. The van der Waals surface area contributed by atoms with Gasteiger partial charge in [-0.05, 0) is 84.9 Å². The van der Waals surface area contributed by atoms with Crippen LogP contribution in [-0.2, 0) is 9.47 Å². The van der Waals surface area contributed by atoms with Gasteiger partial charge >= 0.3 is 0 Å². The largest absolute Gasteiger partial charge is 0.377 e. The Morgan fingerprint density at radius 1 is 0.545 bits per heavy atom. The Morgan fingerprint density at radius 2 is 1.05 bits per heavy atom. The second kappa shape index (κ2) is 2.65. The lowest BCUT2D eigenvalue weighted by atomic mass is 9.43. The lowest BCUT2D eigenvalue weighted by Gasteiger charge is -2.65. The molecule has 2 nitrogen and oxygen atoms in total. The van der Waals surface area contributed by atoms with Gasteiger partial charge in [-0.3, -0.25) is 0 Å². The molecule has 14 atom stereocenters. The summed E-state index contributed by atoms with van der Waals surface area (Å²) < 4.78 is 13.3. The van der Waals surface area contributed by atoms with E-state index in [1.54, 1.807) is 0 Å². The van der Waals surface area contributed by atoms with Crippen molar-refractivity contribution in [3.63, 3.8) is 0 Å². The van der Waals surface area contributed by atoms with E-state index in [4.69, 9.17) is 9.47 Å². The lowest BCUT2D eigenvalue weighted by Crippen LogP contribution is -2.67. The zero-order chi connectivity index (χ0) is 13.6. The van der Waals surface area contributed by atoms with Crippen LogP contribution in [0.25, 0.3) is 0 Å². The van der Waals surface area contributed by atoms with Crippen molar-refractivity contribution in [2.24, 2.45) is 70.0 Å². The van der Waals surface area contributed by atoms with Crippen LogP contribution in [0.2, 0.25) is 0 Å². The van der Waals surface area contributed by atoms with Crippen LogP contribution in [0, 0.1) is 70.0 Å². The fourth-order valence-electron chi connectivity index (χ4n) is 12.4. The van der Waals surface area contributed by atoms with E-state index in [9.17, 15) is 0 Å². The molecule has 22 heavy (non-hydrogen) atoms. The Balaban J connectivity index is 1.41. The van der Waals surface area contributed by atoms with Crippen LogP contribution in [0.4, 0.5) is 0 Å². The van der Waals surface area contributed by atoms with Crippen LogP contribution in [0.3, 0.4) is 0 Å². The summed E-state index contributed by atoms with van der Waals surface area (Å²) in [5.41, 5.74) is 1.21. The van der Waals surface area contributed by atoms with Crippen molar-refractivity contribution < 1.29 is 9.47 Å². The van der Waals surface area contributed by atoms with E-state index in [0.29, 0.717) is 23.0 Å². The summed E-state index contributed by atoms with van der Waals surface area (Å²) in [4.78, 5) is 0. The number of hydrogen-bond donors (Lipinski definition) is 0. The summed E-state index contributed by atoms with van der Waals surface area (Å²) in [6.07, 6.45) is 7.09. The summed E-state index contributed by atoms with van der Waals surface area (Å²) in [7, 11) is 0. The third-order valence-corrected chi connectivity index (χ3v) is 11.6. The molecule has 0 amide bonds. The quantitative estimate of drug-likeness (QED) is 0.684. The Hall–Kier alpha value is -0.0800. The Labute approximate surface area is 131 Å². The lowest BCUT2D eigenvalue weighted by molar-refractivity contribution is -0.275. The van der Waals surface area contributed by atoms with Gasteiger partial charge in [0, 0.05) is 10.8 Å². The van der Waals surface area contributed by atoms with Gasteiger partial charge in [0.25, 0.3) is 0 Å². The van der Waals surface area contributed by atoms with Gasteiger partial charge in [0.05, 0.1) is 25.4 Å². The van der Waals surface area contributed by atoms with Crippen LogP contribution in [-0.4, -0.2) is 25.4 Å². The van der Waals surface area contributed by atoms with E-state index in [0.717, 1.165) is 72.4 Å². The van der Waals surface area contributed by atoms with Crippen molar-refractivity contribution in [3.05, 3.63) is 0 Å². The zero-order valence-corrected chi connectivity index (χ0v) is 13.0. The molecule has 8 bridgehead atoms. The Kier molecular flexibility index (Phi) is 1.29. The number of ether oxygens (including phenoxy) is 2. The minimum atomic E-state index is 0.607. The molecule has 0 aromatic rings. The molecule has 2 heteroatoms. The SMILES string of the molecule is C1C[C@H]2OC[C@]34[C@H]5[C@H]6[C@H]7[C@H]8[C@@H]9[C@@H](CC[C@@H]9OC[C@@]83[C@@H]6[C@H]1[C@H]52)[C@H]74. The molecule has 10 aliphatic rings. The first-order valence-corrected chi connectivity index (χ1v) is 10.1. The average molecular weight is 296 g/mol. The van der Waals surface area contributed by atoms with Crippen molar-refractivity contribution in [2.45, 2.75) is 37.9 Å². The second-order valence-electron chi connectivity index (χ2n) is 10.7. The van der Waals surface area contributed by atoms with Gasteiger partial charge in [0.2, 0.25) is 0 Å². The van der Waals surface area contributed by atoms with Gasteiger partial charge < -0.3 is 9.47 Å². The fraction of sp³-hybridized carbons (Fsp3) is 1.00. The van der Waals surface area contributed by atoms with E-state index >= 15 is 0 Å². The topological polar surface area (TPSA) is 18.5 Å². The monoisotopic (exact) mass is 296 g/mol. The van der Waals surface area contributed by atoms with Gasteiger partial charge in [-0.2, -0.15) is 0 Å². The summed E-state index contributed by atoms with van der Waals surface area (Å²) in [5, 5.41) is 0. The highest BCUT2D eigenvalue weighted by Gasteiger charge is 2.98. The van der Waals surface area contributed by atoms with Crippen LogP contribution in [0.15, 0.2) is 0 Å². The zero-order valence-electron chi connectivity index (χ0n) is 13.0. The maximum atomic E-state index is 6.64. The molecule has 0 unspecified atom stereocenters. The van der Waals surface area contributed by atoms with Crippen LogP contribution in [0.5, 0.6) is 0 Å². The Bertz CT molecular complexity index is 588. The van der Waals surface area contributed by atoms with Gasteiger partial charge in [0.15, 0.2) is 0 Å². The molecule has 10 rings (SSSR count). The van der Waals surface area contributed by atoms with Crippen LogP contribution >= 0.6 is 0 Å². The van der Waals surface area contributed by atoms with E-state index in [1.165, 1.54) is 25.7 Å². The van der Waals surface area contributed by atoms with E-state index in [-0.39, 0.29) is 0 Å². The van der Waals surface area contributed by atoms with Gasteiger partial charge in [-0.25, -0.2) is 0 Å². The summed E-state index contributed by atoms with van der Waals surface area (Å²) in [6, 6.07) is 0. The van der Waals surface area contributed by atoms with Gasteiger partial charge in [0.1, 0.15) is 0 Å². The number of hydrogen-bond acceptors (Lipinski definition) is 2. The molecule has 0 radical (unpaired) electrons. The van der Waals surface area contributed by atoms with E-state index < -0.39 is 0 Å². The molecule has 116 valence electrons. The second-order valence-corrected chi connectivity index (χ2v) is 10.7. The summed E-state index contributed by atoms with van der Waals surface area (Å²) in [5.74, 6) is 10.6. The molecule has 0 aromatic carbocycles. The molecular formula is C20H24O2. The summed E-state index contributed by atoms with van der Waals surface area (Å²) in [6.45, 7) is 2.29. The maximum absolute atomic E-state index is 6.64. The first-order chi connectivity index (χ1) is 10.9. The van der Waals surface area contributed by atoms with E-state index in [2.05, 4.69) is 0 Å². The minimum absolute atomic E-state index is 0.607. The number of rotatable bonds is 0. The predicted molar refractivity (Wildman–Crippen MR) is 77.7 cm³/mol. The molecular weight excluding hydrogens is 272 g/mol. The maximum Gasteiger partial charge on any atom is 0.0609 e. The fourth-order valence-corrected chi connectivity index (χ4v) is 12.4. The minimum Gasteiger partial charge on any atom is -0.377 e. The highest BCUT2D eigenvalue weighted by Crippen LogP contribution is 2.98. The molecule has 2 saturated heterocycles. The Morgan fingerprint density at radius 3 is 1.55 bits per heavy atom. The standard InChI is InChI=1S/C20H24O2/c1-3-9-11-7(1)15-13-14-16-8-2-4-10-12(8)18(14)19(15,5-22-10)20(16,6-21-9)17(11)13/h7-18H,1-6H2/t7-,8-,9-,10+,11+,12-,13+,14-,15-,16-,17-,18-,19-,20+/m1/s1. The first-order valence-electron chi connectivity index (χ1n) is 10.1. The molecule has 2 spiro atoms. The first kappa shape index (κ1) is 10.7. The molecule has 8 aliphatic carbocycles. The molecule has 0 N–H and O–H groups in total. The van der Waals surface area contributed by atoms with Crippen molar-refractivity contribution in [1.29, 1.82) is 0 Å². The third kappa shape index (κ3) is 0.624. The van der Waals surface area contributed by atoms with E-state index in [1.807, 2.05) is 0 Å².